The highest BCUT2D eigenvalue weighted by atomic mass is 35.5. The van der Waals surface area contributed by atoms with Crippen molar-refractivity contribution in [2.75, 3.05) is 0 Å². The van der Waals surface area contributed by atoms with Crippen LogP contribution in [-0.2, 0) is 0 Å². The summed E-state index contributed by atoms with van der Waals surface area (Å²) in [7, 11) is 0. The van der Waals surface area contributed by atoms with E-state index in [2.05, 4.69) is 17.6 Å². The molecule has 1 aromatic carbocycles. The van der Waals surface area contributed by atoms with Crippen molar-refractivity contribution in [3.05, 3.63) is 35.6 Å². The molecule has 0 N–H and O–H groups in total. The molecule has 0 bridgehead atoms. The van der Waals surface area contributed by atoms with Gasteiger partial charge in [-0.05, 0) is 17.5 Å². The zero-order chi connectivity index (χ0) is 8.55. The van der Waals surface area contributed by atoms with E-state index in [9.17, 15) is 0 Å². The predicted octanol–water partition coefficient (Wildman–Crippen LogP) is 3.18. The Morgan fingerprint density at radius 3 is 2.92 bits per heavy atom. The Labute approximate surface area is 80.8 Å². The summed E-state index contributed by atoms with van der Waals surface area (Å²) in [6, 6.07) is 5.79. The third-order valence-corrected chi connectivity index (χ3v) is 2.65. The monoisotopic (exact) mass is 195 g/mol. The van der Waals surface area contributed by atoms with E-state index < -0.39 is 0 Å². The molecule has 0 spiro atoms. The van der Waals surface area contributed by atoms with E-state index in [-0.39, 0.29) is 0 Å². The van der Waals surface area contributed by atoms with Gasteiger partial charge in [-0.15, -0.1) is 12.6 Å². The molecule has 3 heteroatoms. The Kier molecular flexibility index (Phi) is 1.95. The molecular formula is C9H6ClNS. The van der Waals surface area contributed by atoms with E-state index in [4.69, 9.17) is 11.6 Å². The number of hydrogen-bond acceptors (Lipinski definition) is 2. The van der Waals surface area contributed by atoms with Crippen molar-refractivity contribution in [3.8, 4) is 0 Å². The Balaban J connectivity index is 2.91. The maximum Gasteiger partial charge on any atom is 0.0633 e. The molecule has 0 saturated heterocycles. The zero-order valence-corrected chi connectivity index (χ0v) is 7.81. The number of nitrogens with zero attached hydrogens (tertiary/aromatic N) is 1. The fourth-order valence-corrected chi connectivity index (χ4v) is 1.53. The third kappa shape index (κ3) is 1.17. The van der Waals surface area contributed by atoms with Gasteiger partial charge in [0.1, 0.15) is 0 Å². The minimum atomic E-state index is 0.670. The Morgan fingerprint density at radius 1 is 1.25 bits per heavy atom. The van der Waals surface area contributed by atoms with Crippen LogP contribution in [0.1, 0.15) is 0 Å². The van der Waals surface area contributed by atoms with Gasteiger partial charge >= 0.3 is 0 Å². The summed E-state index contributed by atoms with van der Waals surface area (Å²) in [6.07, 6.45) is 3.49. The van der Waals surface area contributed by atoms with Crippen LogP contribution in [0, 0.1) is 0 Å². The van der Waals surface area contributed by atoms with Crippen LogP contribution in [0.3, 0.4) is 0 Å². The quantitative estimate of drug-likeness (QED) is 0.638. The molecule has 0 atom stereocenters. The maximum atomic E-state index is 6.01. The minimum Gasteiger partial charge on any atom is -0.264 e. The second-order valence-electron chi connectivity index (χ2n) is 2.50. The van der Waals surface area contributed by atoms with Crippen molar-refractivity contribution >= 4 is 35.0 Å². The first-order valence-corrected chi connectivity index (χ1v) is 4.33. The summed E-state index contributed by atoms with van der Waals surface area (Å²) >= 11 is 10.2. The third-order valence-electron chi connectivity index (χ3n) is 1.74. The minimum absolute atomic E-state index is 0.670. The second-order valence-corrected chi connectivity index (χ2v) is 3.36. The lowest BCUT2D eigenvalue weighted by atomic mass is 10.2. The van der Waals surface area contributed by atoms with Crippen LogP contribution in [0.15, 0.2) is 35.5 Å². The van der Waals surface area contributed by atoms with Crippen molar-refractivity contribution < 1.29 is 0 Å². The molecule has 0 aliphatic rings. The molecule has 0 saturated carbocycles. The first kappa shape index (κ1) is 7.90. The van der Waals surface area contributed by atoms with Gasteiger partial charge in [0.15, 0.2) is 0 Å². The van der Waals surface area contributed by atoms with Gasteiger partial charge in [-0.1, -0.05) is 17.7 Å². The maximum absolute atomic E-state index is 6.01. The van der Waals surface area contributed by atoms with E-state index in [0.29, 0.717) is 5.02 Å². The standard InChI is InChI=1S/C9H6ClNS/c10-9-7-5-11-4-3-6(7)1-2-8(9)12/h1-5,12H. The lowest BCUT2D eigenvalue weighted by Gasteiger charge is -2.00. The Morgan fingerprint density at radius 2 is 2.08 bits per heavy atom. The fourth-order valence-electron chi connectivity index (χ4n) is 1.11. The van der Waals surface area contributed by atoms with E-state index in [0.717, 1.165) is 15.7 Å². The number of hydrogen-bond donors (Lipinski definition) is 1. The van der Waals surface area contributed by atoms with Crippen LogP contribution >= 0.6 is 24.2 Å². The van der Waals surface area contributed by atoms with E-state index in [1.165, 1.54) is 0 Å². The molecule has 2 rings (SSSR count). The van der Waals surface area contributed by atoms with Crippen molar-refractivity contribution in [2.45, 2.75) is 4.90 Å². The van der Waals surface area contributed by atoms with Crippen molar-refractivity contribution in [3.63, 3.8) is 0 Å². The molecule has 0 unspecified atom stereocenters. The van der Waals surface area contributed by atoms with E-state index in [1.807, 2.05) is 18.2 Å². The van der Waals surface area contributed by atoms with Crippen molar-refractivity contribution in [1.82, 2.24) is 4.98 Å². The number of aromatic nitrogens is 1. The lowest BCUT2D eigenvalue weighted by molar-refractivity contribution is 1.35. The van der Waals surface area contributed by atoms with E-state index in [1.54, 1.807) is 12.4 Å². The number of thiol groups is 1. The van der Waals surface area contributed by atoms with Crippen molar-refractivity contribution in [2.24, 2.45) is 0 Å². The fraction of sp³-hybridized carbons (Fsp3) is 0. The summed E-state index contributed by atoms with van der Waals surface area (Å²) in [5.74, 6) is 0. The van der Waals surface area contributed by atoms with Gasteiger partial charge in [-0.2, -0.15) is 0 Å². The predicted molar refractivity (Wildman–Crippen MR) is 54.0 cm³/mol. The molecule has 60 valence electrons. The highest BCUT2D eigenvalue weighted by Crippen LogP contribution is 2.28. The summed E-state index contributed by atoms with van der Waals surface area (Å²) in [5, 5.41) is 2.71. The van der Waals surface area contributed by atoms with Crippen LogP contribution < -0.4 is 0 Å². The van der Waals surface area contributed by atoms with Crippen LogP contribution in [-0.4, -0.2) is 4.98 Å². The van der Waals surface area contributed by atoms with Crippen LogP contribution in [0.5, 0.6) is 0 Å². The molecule has 1 heterocycles. The summed E-state index contributed by atoms with van der Waals surface area (Å²) < 4.78 is 0. The molecule has 0 amide bonds. The zero-order valence-electron chi connectivity index (χ0n) is 6.16. The molecule has 1 nitrogen and oxygen atoms in total. The second kappa shape index (κ2) is 2.96. The number of rotatable bonds is 0. The summed E-state index contributed by atoms with van der Waals surface area (Å²) in [4.78, 5) is 4.79. The molecule has 0 fully saturated rings. The molecule has 0 aliphatic heterocycles. The molecule has 1 aromatic heterocycles. The summed E-state index contributed by atoms with van der Waals surface area (Å²) in [6.45, 7) is 0. The first-order chi connectivity index (χ1) is 5.79. The molecular weight excluding hydrogens is 190 g/mol. The number of benzene rings is 1. The normalized spacial score (nSPS) is 10.5. The van der Waals surface area contributed by atoms with Gasteiger partial charge in [-0.25, -0.2) is 0 Å². The Hall–Kier alpha value is -0.730. The molecule has 12 heavy (non-hydrogen) atoms. The molecule has 0 radical (unpaired) electrons. The average molecular weight is 196 g/mol. The molecule has 2 aromatic rings. The van der Waals surface area contributed by atoms with Gasteiger partial charge in [-0.3, -0.25) is 4.98 Å². The highest BCUT2D eigenvalue weighted by molar-refractivity contribution is 7.80. The lowest BCUT2D eigenvalue weighted by Crippen LogP contribution is -1.77. The number of fused-ring (bicyclic) bond motifs is 1. The largest absolute Gasteiger partial charge is 0.264 e. The van der Waals surface area contributed by atoms with Crippen LogP contribution in [0.25, 0.3) is 10.8 Å². The number of halogens is 1. The van der Waals surface area contributed by atoms with Gasteiger partial charge in [0, 0.05) is 22.7 Å². The van der Waals surface area contributed by atoms with Crippen LogP contribution in [0.2, 0.25) is 5.02 Å². The van der Waals surface area contributed by atoms with Crippen LogP contribution in [0.4, 0.5) is 0 Å². The molecule has 0 aliphatic carbocycles. The van der Waals surface area contributed by atoms with E-state index >= 15 is 0 Å². The van der Waals surface area contributed by atoms with Crippen molar-refractivity contribution in [1.29, 1.82) is 0 Å². The van der Waals surface area contributed by atoms with Gasteiger partial charge in [0.2, 0.25) is 0 Å². The SMILES string of the molecule is Sc1ccc2ccncc2c1Cl. The smallest absolute Gasteiger partial charge is 0.0633 e. The first-order valence-electron chi connectivity index (χ1n) is 3.50. The van der Waals surface area contributed by atoms with Gasteiger partial charge in [0.25, 0.3) is 0 Å². The van der Waals surface area contributed by atoms with Gasteiger partial charge < -0.3 is 0 Å². The highest BCUT2D eigenvalue weighted by Gasteiger charge is 2.00. The van der Waals surface area contributed by atoms with Gasteiger partial charge in [0.05, 0.1) is 5.02 Å². The average Bonchev–Trinajstić information content (AvgIpc) is 2.12. The Bertz CT molecular complexity index is 428. The summed E-state index contributed by atoms with van der Waals surface area (Å²) in [5.41, 5.74) is 0. The number of pyridine rings is 1. The topological polar surface area (TPSA) is 12.9 Å².